The Morgan fingerprint density at radius 1 is 1.19 bits per heavy atom. The van der Waals surface area contributed by atoms with Crippen LogP contribution >= 0.6 is 0 Å². The van der Waals surface area contributed by atoms with Crippen molar-refractivity contribution in [1.29, 1.82) is 0 Å². The van der Waals surface area contributed by atoms with Gasteiger partial charge in [0, 0.05) is 11.8 Å². The molecule has 1 heterocycles. The molecule has 0 saturated heterocycles. The lowest BCUT2D eigenvalue weighted by Crippen LogP contribution is -2.41. The topological polar surface area (TPSA) is 70.6 Å². The van der Waals surface area contributed by atoms with Crippen molar-refractivity contribution in [2.24, 2.45) is 0 Å². The summed E-state index contributed by atoms with van der Waals surface area (Å²) in [5.74, 6) is 1.17. The van der Waals surface area contributed by atoms with Crippen molar-refractivity contribution in [2.75, 3.05) is 17.2 Å². The molecule has 1 aliphatic heterocycles. The number of phenols is 1. The fraction of sp³-hybridized carbons (Fsp3) is 0.409. The summed E-state index contributed by atoms with van der Waals surface area (Å²) < 4.78 is 5.88. The van der Waals surface area contributed by atoms with Crippen LogP contribution in [0.25, 0.3) is 0 Å². The van der Waals surface area contributed by atoms with Gasteiger partial charge in [0.15, 0.2) is 6.10 Å². The molecule has 1 unspecified atom stereocenters. The van der Waals surface area contributed by atoms with Gasteiger partial charge in [0.2, 0.25) is 0 Å². The Hall–Kier alpha value is -2.69. The van der Waals surface area contributed by atoms with Gasteiger partial charge < -0.3 is 20.5 Å². The molecule has 2 aliphatic rings. The van der Waals surface area contributed by atoms with Crippen LogP contribution in [0.3, 0.4) is 0 Å². The lowest BCUT2D eigenvalue weighted by Gasteiger charge is -2.27. The molecule has 5 nitrogen and oxygen atoms in total. The van der Waals surface area contributed by atoms with Crippen LogP contribution in [-0.2, 0) is 4.79 Å². The summed E-state index contributed by atoms with van der Waals surface area (Å²) in [6.07, 6.45) is 4.07. The highest BCUT2D eigenvalue weighted by atomic mass is 16.5. The monoisotopic (exact) mass is 366 g/mol. The van der Waals surface area contributed by atoms with Gasteiger partial charge in [-0.05, 0) is 61.4 Å². The van der Waals surface area contributed by atoms with Crippen molar-refractivity contribution >= 4 is 17.3 Å². The number of amides is 1. The molecule has 0 bridgehead atoms. The van der Waals surface area contributed by atoms with E-state index in [0.29, 0.717) is 23.9 Å². The number of aromatic hydroxyl groups is 1. The van der Waals surface area contributed by atoms with E-state index in [9.17, 15) is 9.90 Å². The number of fused-ring (bicyclic) bond motifs is 1. The summed E-state index contributed by atoms with van der Waals surface area (Å²) in [5, 5.41) is 16.6. The first-order chi connectivity index (χ1) is 13.0. The predicted molar refractivity (Wildman–Crippen MR) is 107 cm³/mol. The summed E-state index contributed by atoms with van der Waals surface area (Å²) in [5.41, 5.74) is 4.59. The Balaban J connectivity index is 1.49. The number of benzene rings is 2. The highest BCUT2D eigenvalue weighted by Gasteiger charge is 2.27. The molecular formula is C22H26N2O3. The number of hydrogen-bond acceptors (Lipinski definition) is 4. The van der Waals surface area contributed by atoms with E-state index in [1.807, 2.05) is 38.1 Å². The molecular weight excluding hydrogens is 340 g/mol. The van der Waals surface area contributed by atoms with Crippen molar-refractivity contribution in [2.45, 2.75) is 51.6 Å². The third-order valence-corrected chi connectivity index (χ3v) is 5.60. The van der Waals surface area contributed by atoms with Crippen molar-refractivity contribution in [3.63, 3.8) is 0 Å². The van der Waals surface area contributed by atoms with Crippen LogP contribution in [-0.4, -0.2) is 23.7 Å². The molecule has 0 spiro atoms. The highest BCUT2D eigenvalue weighted by Crippen LogP contribution is 2.40. The van der Waals surface area contributed by atoms with Crippen LogP contribution in [0.5, 0.6) is 11.5 Å². The maximum absolute atomic E-state index is 12.7. The molecule has 2 aromatic rings. The Morgan fingerprint density at radius 3 is 2.74 bits per heavy atom. The number of anilines is 2. The third kappa shape index (κ3) is 3.59. The van der Waals surface area contributed by atoms with Gasteiger partial charge in [-0.1, -0.05) is 25.0 Å². The zero-order valence-electron chi connectivity index (χ0n) is 15.8. The van der Waals surface area contributed by atoms with Gasteiger partial charge in [-0.25, -0.2) is 0 Å². The van der Waals surface area contributed by atoms with E-state index in [2.05, 4.69) is 10.6 Å². The standard InChI is InChI=1S/C22H26N2O3/c1-13-7-8-17-20(9-13)27-21(12-23-17)22(26)24-18-11-19(25)16(10-14(18)2)15-5-3-4-6-15/h7-11,15,21,23,25H,3-6,12H2,1-2H3,(H,24,26). The van der Waals surface area contributed by atoms with Crippen LogP contribution < -0.4 is 15.4 Å². The maximum atomic E-state index is 12.7. The van der Waals surface area contributed by atoms with E-state index in [-0.39, 0.29) is 11.7 Å². The molecule has 1 saturated carbocycles. The zero-order chi connectivity index (χ0) is 19.0. The lowest BCUT2D eigenvalue weighted by molar-refractivity contribution is -0.122. The number of nitrogens with one attached hydrogen (secondary N) is 2. The summed E-state index contributed by atoms with van der Waals surface area (Å²) >= 11 is 0. The second kappa shape index (κ2) is 7.14. The van der Waals surface area contributed by atoms with Crippen molar-refractivity contribution in [3.05, 3.63) is 47.0 Å². The largest absolute Gasteiger partial charge is 0.508 e. The first kappa shape index (κ1) is 17.7. The number of aryl methyl sites for hydroxylation is 2. The van der Waals surface area contributed by atoms with Crippen molar-refractivity contribution < 1.29 is 14.6 Å². The number of hydrogen-bond donors (Lipinski definition) is 3. The van der Waals surface area contributed by atoms with Gasteiger partial charge in [0.25, 0.3) is 5.91 Å². The van der Waals surface area contributed by atoms with Crippen LogP contribution in [0.1, 0.15) is 48.3 Å². The van der Waals surface area contributed by atoms with Crippen LogP contribution in [0, 0.1) is 13.8 Å². The normalized spacial score (nSPS) is 19.1. The number of carbonyl (C=O) groups excluding carboxylic acids is 1. The molecule has 5 heteroatoms. The molecule has 0 aromatic heterocycles. The zero-order valence-corrected chi connectivity index (χ0v) is 15.8. The summed E-state index contributed by atoms with van der Waals surface area (Å²) in [6, 6.07) is 9.58. The molecule has 1 aliphatic carbocycles. The Bertz CT molecular complexity index is 872. The van der Waals surface area contributed by atoms with E-state index < -0.39 is 6.10 Å². The maximum Gasteiger partial charge on any atom is 0.267 e. The molecule has 27 heavy (non-hydrogen) atoms. The smallest absolute Gasteiger partial charge is 0.267 e. The predicted octanol–water partition coefficient (Wildman–Crippen LogP) is 4.48. The van der Waals surface area contributed by atoms with Crippen molar-refractivity contribution in [3.8, 4) is 11.5 Å². The van der Waals surface area contributed by atoms with Crippen LogP contribution in [0.2, 0.25) is 0 Å². The third-order valence-electron chi connectivity index (χ3n) is 5.60. The van der Waals surface area contributed by atoms with Gasteiger partial charge in [-0.2, -0.15) is 0 Å². The second-order valence-corrected chi connectivity index (χ2v) is 7.68. The van der Waals surface area contributed by atoms with E-state index in [0.717, 1.165) is 35.2 Å². The average molecular weight is 366 g/mol. The first-order valence-corrected chi connectivity index (χ1v) is 9.67. The summed E-state index contributed by atoms with van der Waals surface area (Å²) in [6.45, 7) is 4.37. The molecule has 2 aromatic carbocycles. The molecule has 1 amide bonds. The average Bonchev–Trinajstić information content (AvgIpc) is 3.18. The van der Waals surface area contributed by atoms with Crippen LogP contribution in [0.4, 0.5) is 11.4 Å². The Morgan fingerprint density at radius 2 is 1.96 bits per heavy atom. The fourth-order valence-corrected chi connectivity index (χ4v) is 4.05. The molecule has 1 atom stereocenters. The fourth-order valence-electron chi connectivity index (χ4n) is 4.05. The molecule has 142 valence electrons. The number of phenolic OH excluding ortho intramolecular Hbond substituents is 1. The van der Waals surface area contributed by atoms with Gasteiger partial charge in [-0.3, -0.25) is 4.79 Å². The minimum Gasteiger partial charge on any atom is -0.508 e. The quantitative estimate of drug-likeness (QED) is 0.749. The number of carbonyl (C=O) groups is 1. The SMILES string of the molecule is Cc1ccc2c(c1)OC(C(=O)Nc1cc(O)c(C3CCCC3)cc1C)CN2. The Labute approximate surface area is 159 Å². The van der Waals surface area contributed by atoms with E-state index in [1.165, 1.54) is 12.8 Å². The molecule has 4 rings (SSSR count). The Kier molecular flexibility index (Phi) is 4.68. The molecule has 0 radical (unpaired) electrons. The molecule has 3 N–H and O–H groups in total. The first-order valence-electron chi connectivity index (χ1n) is 9.67. The highest BCUT2D eigenvalue weighted by molar-refractivity contribution is 5.96. The van der Waals surface area contributed by atoms with E-state index >= 15 is 0 Å². The van der Waals surface area contributed by atoms with Gasteiger partial charge >= 0.3 is 0 Å². The van der Waals surface area contributed by atoms with E-state index in [1.54, 1.807) is 6.07 Å². The summed E-state index contributed by atoms with van der Waals surface area (Å²) in [7, 11) is 0. The van der Waals surface area contributed by atoms with Gasteiger partial charge in [0.1, 0.15) is 11.5 Å². The van der Waals surface area contributed by atoms with Gasteiger partial charge in [-0.15, -0.1) is 0 Å². The number of rotatable bonds is 3. The lowest BCUT2D eigenvalue weighted by atomic mass is 9.94. The van der Waals surface area contributed by atoms with Crippen molar-refractivity contribution in [1.82, 2.24) is 0 Å². The minimum atomic E-state index is -0.615. The molecule has 1 fully saturated rings. The minimum absolute atomic E-state index is 0.217. The second-order valence-electron chi connectivity index (χ2n) is 7.68. The van der Waals surface area contributed by atoms with E-state index in [4.69, 9.17) is 4.74 Å². The number of ether oxygens (including phenoxy) is 1. The van der Waals surface area contributed by atoms with Gasteiger partial charge in [0.05, 0.1) is 12.2 Å². The summed E-state index contributed by atoms with van der Waals surface area (Å²) in [4.78, 5) is 12.7. The van der Waals surface area contributed by atoms with Crippen LogP contribution in [0.15, 0.2) is 30.3 Å².